The number of carbonyl (C=O) groups is 2. The Bertz CT molecular complexity index is 514. The number of nitrogens with zero attached hydrogens (tertiary/aromatic N) is 1. The summed E-state index contributed by atoms with van der Waals surface area (Å²) in [6.45, 7) is 4.32. The molecule has 8 heteroatoms. The van der Waals surface area contributed by atoms with Gasteiger partial charge in [-0.05, 0) is 13.8 Å². The van der Waals surface area contributed by atoms with Crippen molar-refractivity contribution in [3.05, 3.63) is 17.3 Å². The maximum Gasteiger partial charge on any atom is 0.329 e. The maximum atomic E-state index is 11.9. The van der Waals surface area contributed by atoms with Crippen LogP contribution in [0.2, 0.25) is 0 Å². The van der Waals surface area contributed by atoms with Gasteiger partial charge in [0.1, 0.15) is 11.3 Å². The van der Waals surface area contributed by atoms with Crippen LogP contribution < -0.4 is 10.6 Å². The quantitative estimate of drug-likeness (QED) is 0.754. The normalized spacial score (nSPS) is 17.2. The van der Waals surface area contributed by atoms with Crippen molar-refractivity contribution < 1.29 is 23.8 Å². The molecule has 2 amide bonds. The Kier molecular flexibility index (Phi) is 4.46. The van der Waals surface area contributed by atoms with Gasteiger partial charge >= 0.3 is 12.0 Å². The fourth-order valence-corrected chi connectivity index (χ4v) is 2.14. The van der Waals surface area contributed by atoms with Crippen LogP contribution in [0.4, 0.5) is 4.79 Å². The van der Waals surface area contributed by atoms with Crippen molar-refractivity contribution in [2.75, 3.05) is 13.2 Å². The molecule has 116 valence electrons. The summed E-state index contributed by atoms with van der Waals surface area (Å²) in [5, 5.41) is 14.4. The number of carboxylic acids is 1. The molecule has 1 fully saturated rings. The van der Waals surface area contributed by atoms with Crippen LogP contribution in [0, 0.1) is 13.8 Å². The van der Waals surface area contributed by atoms with E-state index < -0.39 is 17.5 Å². The van der Waals surface area contributed by atoms with E-state index in [4.69, 9.17) is 9.15 Å². The van der Waals surface area contributed by atoms with Gasteiger partial charge in [-0.25, -0.2) is 14.6 Å². The summed E-state index contributed by atoms with van der Waals surface area (Å²) in [5.74, 6) is 0.0268. The zero-order valence-corrected chi connectivity index (χ0v) is 12.1. The van der Waals surface area contributed by atoms with Crippen LogP contribution in [0.15, 0.2) is 4.42 Å². The number of carboxylic acid groups (broad SMARTS) is 1. The summed E-state index contributed by atoms with van der Waals surface area (Å²) in [5.41, 5.74) is -0.510. The highest BCUT2D eigenvalue weighted by molar-refractivity contribution is 5.86. The first-order chi connectivity index (χ1) is 9.93. The summed E-state index contributed by atoms with van der Waals surface area (Å²) in [6, 6.07) is -0.562. The van der Waals surface area contributed by atoms with E-state index in [0.717, 1.165) is 5.69 Å². The number of carbonyl (C=O) groups excluding carboxylic acids is 1. The molecule has 0 unspecified atom stereocenters. The number of hydrogen-bond donors (Lipinski definition) is 3. The SMILES string of the molecule is Cc1nc(CNC(=O)NC2(C(=O)O)CCOCC2)oc1C. The van der Waals surface area contributed by atoms with Gasteiger partial charge in [-0.1, -0.05) is 0 Å². The van der Waals surface area contributed by atoms with Gasteiger partial charge in [0.05, 0.1) is 12.2 Å². The predicted molar refractivity (Wildman–Crippen MR) is 71.8 cm³/mol. The van der Waals surface area contributed by atoms with Crippen molar-refractivity contribution in [2.45, 2.75) is 38.8 Å². The summed E-state index contributed by atoms with van der Waals surface area (Å²) in [7, 11) is 0. The van der Waals surface area contributed by atoms with Gasteiger partial charge in [0, 0.05) is 26.1 Å². The van der Waals surface area contributed by atoms with Crippen molar-refractivity contribution in [1.29, 1.82) is 0 Å². The number of oxazole rings is 1. The van der Waals surface area contributed by atoms with Crippen LogP contribution in [0.3, 0.4) is 0 Å². The molecular formula is C13H19N3O5. The Morgan fingerprint density at radius 2 is 2.00 bits per heavy atom. The van der Waals surface area contributed by atoms with Gasteiger partial charge in [-0.3, -0.25) is 0 Å². The molecule has 1 aromatic rings. The van der Waals surface area contributed by atoms with Crippen LogP contribution in [0.25, 0.3) is 0 Å². The average molecular weight is 297 g/mol. The molecule has 0 spiro atoms. The van der Waals surface area contributed by atoms with Crippen LogP contribution >= 0.6 is 0 Å². The first kappa shape index (κ1) is 15.3. The van der Waals surface area contributed by atoms with Crippen molar-refractivity contribution in [2.24, 2.45) is 0 Å². The highest BCUT2D eigenvalue weighted by Gasteiger charge is 2.41. The molecule has 0 saturated carbocycles. The lowest BCUT2D eigenvalue weighted by molar-refractivity contribution is -0.148. The van der Waals surface area contributed by atoms with E-state index in [0.29, 0.717) is 24.9 Å². The van der Waals surface area contributed by atoms with Crippen molar-refractivity contribution in [1.82, 2.24) is 15.6 Å². The third kappa shape index (κ3) is 3.52. The number of aromatic nitrogens is 1. The molecule has 0 bridgehead atoms. The Morgan fingerprint density at radius 1 is 1.33 bits per heavy atom. The molecule has 0 radical (unpaired) electrons. The van der Waals surface area contributed by atoms with E-state index in [1.807, 2.05) is 6.92 Å². The molecule has 0 aliphatic carbocycles. The van der Waals surface area contributed by atoms with E-state index in [9.17, 15) is 14.7 Å². The number of amides is 2. The number of ether oxygens (including phenoxy) is 1. The first-order valence-electron chi connectivity index (χ1n) is 6.73. The second-order valence-corrected chi connectivity index (χ2v) is 5.06. The lowest BCUT2D eigenvalue weighted by atomic mass is 9.90. The average Bonchev–Trinajstić information content (AvgIpc) is 2.76. The molecule has 2 rings (SSSR count). The zero-order chi connectivity index (χ0) is 15.5. The Balaban J connectivity index is 1.92. The zero-order valence-electron chi connectivity index (χ0n) is 12.1. The maximum absolute atomic E-state index is 11.9. The van der Waals surface area contributed by atoms with Crippen LogP contribution in [0.5, 0.6) is 0 Å². The molecule has 21 heavy (non-hydrogen) atoms. The molecule has 1 saturated heterocycles. The van der Waals surface area contributed by atoms with Gasteiger partial charge in [0.25, 0.3) is 0 Å². The summed E-state index contributed by atoms with van der Waals surface area (Å²) >= 11 is 0. The highest BCUT2D eigenvalue weighted by atomic mass is 16.5. The third-order valence-electron chi connectivity index (χ3n) is 3.58. The fourth-order valence-electron chi connectivity index (χ4n) is 2.14. The molecule has 8 nitrogen and oxygen atoms in total. The number of urea groups is 1. The van der Waals surface area contributed by atoms with Gasteiger partial charge in [-0.2, -0.15) is 0 Å². The fraction of sp³-hybridized carbons (Fsp3) is 0.615. The standard InChI is InChI=1S/C13H19N3O5/c1-8-9(2)21-10(15-8)7-14-12(19)16-13(11(17)18)3-5-20-6-4-13/h3-7H2,1-2H3,(H,17,18)(H2,14,16,19). The third-order valence-corrected chi connectivity index (χ3v) is 3.58. The summed E-state index contributed by atoms with van der Waals surface area (Å²) in [4.78, 5) is 27.4. The smallest absolute Gasteiger partial charge is 0.329 e. The number of aryl methyl sites for hydroxylation is 2. The number of nitrogens with one attached hydrogen (secondary N) is 2. The second-order valence-electron chi connectivity index (χ2n) is 5.06. The number of rotatable bonds is 4. The van der Waals surface area contributed by atoms with Crippen LogP contribution in [-0.2, 0) is 16.1 Å². The molecule has 1 aliphatic rings. The van der Waals surface area contributed by atoms with E-state index in [2.05, 4.69) is 15.6 Å². The topological polar surface area (TPSA) is 114 Å². The van der Waals surface area contributed by atoms with Crippen molar-refractivity contribution >= 4 is 12.0 Å². The summed E-state index contributed by atoms with van der Waals surface area (Å²) < 4.78 is 10.5. The molecular weight excluding hydrogens is 278 g/mol. The van der Waals surface area contributed by atoms with Gasteiger partial charge in [-0.15, -0.1) is 0 Å². The molecule has 2 heterocycles. The van der Waals surface area contributed by atoms with Crippen LogP contribution in [-0.4, -0.2) is 40.8 Å². The second kappa shape index (κ2) is 6.13. The van der Waals surface area contributed by atoms with Gasteiger partial charge in [0.15, 0.2) is 0 Å². The van der Waals surface area contributed by atoms with Gasteiger partial charge in [0.2, 0.25) is 5.89 Å². The van der Waals surface area contributed by atoms with Gasteiger partial charge < -0.3 is 24.9 Å². The van der Waals surface area contributed by atoms with E-state index in [1.54, 1.807) is 6.92 Å². The number of aliphatic carboxylic acids is 1. The summed E-state index contributed by atoms with van der Waals surface area (Å²) in [6.07, 6.45) is 0.486. The van der Waals surface area contributed by atoms with Crippen molar-refractivity contribution in [3.8, 4) is 0 Å². The lowest BCUT2D eigenvalue weighted by Gasteiger charge is -2.33. The largest absolute Gasteiger partial charge is 0.480 e. The molecule has 3 N–H and O–H groups in total. The minimum absolute atomic E-state index is 0.104. The monoisotopic (exact) mass is 297 g/mol. The van der Waals surface area contributed by atoms with E-state index in [-0.39, 0.29) is 19.4 Å². The Morgan fingerprint density at radius 3 is 2.52 bits per heavy atom. The Labute approximate surface area is 121 Å². The molecule has 0 aromatic carbocycles. The first-order valence-corrected chi connectivity index (χ1v) is 6.73. The highest BCUT2D eigenvalue weighted by Crippen LogP contribution is 2.21. The van der Waals surface area contributed by atoms with E-state index >= 15 is 0 Å². The minimum Gasteiger partial charge on any atom is -0.480 e. The Hall–Kier alpha value is -2.09. The number of hydrogen-bond acceptors (Lipinski definition) is 5. The van der Waals surface area contributed by atoms with Crippen molar-refractivity contribution in [3.63, 3.8) is 0 Å². The predicted octanol–water partition coefficient (Wildman–Crippen LogP) is 0.724. The van der Waals surface area contributed by atoms with Crippen LogP contribution in [0.1, 0.15) is 30.2 Å². The molecule has 0 atom stereocenters. The molecule has 1 aromatic heterocycles. The lowest BCUT2D eigenvalue weighted by Crippen LogP contribution is -2.59. The molecule has 1 aliphatic heterocycles. The van der Waals surface area contributed by atoms with E-state index in [1.165, 1.54) is 0 Å². The minimum atomic E-state index is -1.27.